The third kappa shape index (κ3) is 4.44. The number of primary amides is 1. The second-order valence-corrected chi connectivity index (χ2v) is 5.94. The van der Waals surface area contributed by atoms with Gasteiger partial charge in [-0.3, -0.25) is 9.69 Å². The minimum atomic E-state index is -0.540. The quantitative estimate of drug-likeness (QED) is 0.592. The van der Waals surface area contributed by atoms with Gasteiger partial charge in [0.1, 0.15) is 5.54 Å². The van der Waals surface area contributed by atoms with E-state index in [0.717, 1.165) is 45.4 Å². The van der Waals surface area contributed by atoms with Crippen molar-refractivity contribution in [1.29, 1.82) is 0 Å². The van der Waals surface area contributed by atoms with Gasteiger partial charge >= 0.3 is 0 Å². The first kappa shape index (κ1) is 16.4. The minimum Gasteiger partial charge on any atom is -0.368 e. The molecule has 0 spiro atoms. The predicted octanol–water partition coefficient (Wildman–Crippen LogP) is 0.114. The molecule has 1 aliphatic carbocycles. The summed E-state index contributed by atoms with van der Waals surface area (Å²) in [6.45, 7) is 5.89. The van der Waals surface area contributed by atoms with Crippen molar-refractivity contribution < 1.29 is 4.79 Å². The number of carbonyl (C=O) groups excluding carboxylic acids is 1. The van der Waals surface area contributed by atoms with Gasteiger partial charge in [0.25, 0.3) is 0 Å². The number of amides is 1. The van der Waals surface area contributed by atoms with Crippen molar-refractivity contribution in [3.8, 4) is 0 Å². The summed E-state index contributed by atoms with van der Waals surface area (Å²) in [5.74, 6) is 0.206. The number of carbonyl (C=O) groups is 1. The van der Waals surface area contributed by atoms with Crippen LogP contribution in [0.1, 0.15) is 26.2 Å². The number of hydrogen-bond acceptors (Lipinski definition) is 4. The smallest absolute Gasteiger partial charge is 0.239 e. The number of rotatable bonds is 10. The third-order valence-electron chi connectivity index (χ3n) is 4.04. The van der Waals surface area contributed by atoms with Crippen LogP contribution in [0.25, 0.3) is 0 Å². The summed E-state index contributed by atoms with van der Waals surface area (Å²) < 4.78 is 0. The summed E-state index contributed by atoms with van der Waals surface area (Å²) in [7, 11) is 6.01. The molecule has 0 heterocycles. The molecule has 0 bridgehead atoms. The van der Waals surface area contributed by atoms with Crippen LogP contribution in [0.5, 0.6) is 0 Å². The molecule has 5 nitrogen and oxygen atoms in total. The normalized spacial score (nSPS) is 18.8. The fourth-order valence-electron chi connectivity index (χ4n) is 2.67. The van der Waals surface area contributed by atoms with Crippen molar-refractivity contribution in [3.63, 3.8) is 0 Å². The molecule has 112 valence electrons. The largest absolute Gasteiger partial charge is 0.368 e. The van der Waals surface area contributed by atoms with Crippen LogP contribution < -0.4 is 11.1 Å². The average molecular weight is 270 g/mol. The predicted molar refractivity (Wildman–Crippen MR) is 79.0 cm³/mol. The van der Waals surface area contributed by atoms with Crippen molar-refractivity contribution in [1.82, 2.24) is 15.1 Å². The summed E-state index contributed by atoms with van der Waals surface area (Å²) >= 11 is 0. The molecule has 0 aliphatic heterocycles. The van der Waals surface area contributed by atoms with E-state index in [-0.39, 0.29) is 5.91 Å². The Hall–Kier alpha value is -0.650. The first-order chi connectivity index (χ1) is 8.96. The highest BCUT2D eigenvalue weighted by Crippen LogP contribution is 2.40. The Labute approximate surface area is 117 Å². The first-order valence-corrected chi connectivity index (χ1v) is 7.32. The Morgan fingerprint density at radius 3 is 2.32 bits per heavy atom. The highest BCUT2D eigenvalue weighted by atomic mass is 16.1. The van der Waals surface area contributed by atoms with E-state index in [2.05, 4.69) is 36.1 Å². The molecule has 1 atom stereocenters. The van der Waals surface area contributed by atoms with Gasteiger partial charge < -0.3 is 16.0 Å². The Balaban J connectivity index is 2.69. The van der Waals surface area contributed by atoms with Gasteiger partial charge in [-0.15, -0.1) is 0 Å². The molecular weight excluding hydrogens is 240 g/mol. The van der Waals surface area contributed by atoms with Crippen LogP contribution >= 0.6 is 0 Å². The summed E-state index contributed by atoms with van der Waals surface area (Å²) in [6.07, 6.45) is 3.31. The van der Waals surface area contributed by atoms with E-state index < -0.39 is 5.54 Å². The summed E-state index contributed by atoms with van der Waals surface area (Å²) in [5.41, 5.74) is 5.14. The van der Waals surface area contributed by atoms with Crippen molar-refractivity contribution in [3.05, 3.63) is 0 Å². The molecule has 1 aliphatic rings. The molecule has 0 aromatic rings. The Bertz CT molecular complexity index is 291. The summed E-state index contributed by atoms with van der Waals surface area (Å²) in [6, 6.07) is 0. The average Bonchev–Trinajstić information content (AvgIpc) is 3.16. The minimum absolute atomic E-state index is 0.205. The van der Waals surface area contributed by atoms with Gasteiger partial charge in [0, 0.05) is 19.6 Å². The van der Waals surface area contributed by atoms with E-state index in [4.69, 9.17) is 5.73 Å². The highest BCUT2D eigenvalue weighted by Gasteiger charge is 2.49. The second-order valence-electron chi connectivity index (χ2n) is 5.94. The lowest BCUT2D eigenvalue weighted by Crippen LogP contribution is -2.62. The Morgan fingerprint density at radius 2 is 1.95 bits per heavy atom. The Morgan fingerprint density at radius 1 is 1.32 bits per heavy atom. The highest BCUT2D eigenvalue weighted by molar-refractivity contribution is 5.86. The van der Waals surface area contributed by atoms with Gasteiger partial charge in [0.2, 0.25) is 5.91 Å². The van der Waals surface area contributed by atoms with Crippen molar-refractivity contribution in [2.24, 2.45) is 11.7 Å². The fourth-order valence-corrected chi connectivity index (χ4v) is 2.67. The first-order valence-electron chi connectivity index (χ1n) is 7.32. The second kappa shape index (κ2) is 7.22. The van der Waals surface area contributed by atoms with Gasteiger partial charge in [-0.05, 0) is 52.9 Å². The van der Waals surface area contributed by atoms with Crippen LogP contribution in [0.15, 0.2) is 0 Å². The number of hydrogen-bond donors (Lipinski definition) is 2. The lowest BCUT2D eigenvalue weighted by atomic mass is 9.91. The molecule has 0 radical (unpaired) electrons. The lowest BCUT2D eigenvalue weighted by molar-refractivity contribution is -0.126. The monoisotopic (exact) mass is 270 g/mol. The zero-order valence-corrected chi connectivity index (χ0v) is 12.9. The maximum absolute atomic E-state index is 11.9. The van der Waals surface area contributed by atoms with Crippen LogP contribution in [0.3, 0.4) is 0 Å². The standard InChI is InChI=1S/C14H30N4O/c1-5-8-18(10-9-17(3)4)11-14(16-2,13(15)19)12-6-7-12/h12,16H,5-11H2,1-4H3,(H2,15,19). The molecule has 1 fully saturated rings. The number of likely N-dealkylation sites (N-methyl/N-ethyl adjacent to an activating group) is 2. The number of nitrogens with zero attached hydrogens (tertiary/aromatic N) is 2. The van der Waals surface area contributed by atoms with Gasteiger partial charge in [-0.25, -0.2) is 0 Å². The SMILES string of the molecule is CCCN(CCN(C)C)CC(NC)(C(N)=O)C1CC1. The number of nitrogens with two attached hydrogens (primary N) is 1. The number of nitrogens with one attached hydrogen (secondary N) is 1. The molecule has 0 aromatic carbocycles. The molecule has 3 N–H and O–H groups in total. The van der Waals surface area contributed by atoms with E-state index >= 15 is 0 Å². The zero-order chi connectivity index (χ0) is 14.5. The van der Waals surface area contributed by atoms with E-state index in [1.165, 1.54) is 0 Å². The van der Waals surface area contributed by atoms with E-state index in [9.17, 15) is 4.79 Å². The van der Waals surface area contributed by atoms with E-state index in [0.29, 0.717) is 5.92 Å². The van der Waals surface area contributed by atoms with Crippen molar-refractivity contribution in [2.45, 2.75) is 31.7 Å². The fraction of sp³-hybridized carbons (Fsp3) is 0.929. The van der Waals surface area contributed by atoms with Gasteiger partial charge in [-0.1, -0.05) is 6.92 Å². The molecule has 5 heteroatoms. The lowest BCUT2D eigenvalue weighted by Gasteiger charge is -2.36. The third-order valence-corrected chi connectivity index (χ3v) is 4.04. The molecule has 0 saturated heterocycles. The molecule has 1 amide bonds. The molecule has 0 aromatic heterocycles. The van der Waals surface area contributed by atoms with Crippen LogP contribution in [0, 0.1) is 5.92 Å². The zero-order valence-electron chi connectivity index (χ0n) is 12.9. The van der Waals surface area contributed by atoms with Gasteiger partial charge in [0.05, 0.1) is 0 Å². The van der Waals surface area contributed by atoms with Gasteiger partial charge in [0.15, 0.2) is 0 Å². The maximum atomic E-state index is 11.9. The Kier molecular flexibility index (Phi) is 6.23. The molecular formula is C14H30N4O. The van der Waals surface area contributed by atoms with E-state index in [1.807, 2.05) is 7.05 Å². The molecule has 1 unspecified atom stereocenters. The molecule has 1 saturated carbocycles. The van der Waals surface area contributed by atoms with Crippen LogP contribution in [-0.2, 0) is 4.79 Å². The summed E-state index contributed by atoms with van der Waals surface area (Å²) in [5, 5.41) is 3.22. The molecule has 1 rings (SSSR count). The van der Waals surface area contributed by atoms with E-state index in [1.54, 1.807) is 0 Å². The van der Waals surface area contributed by atoms with Crippen molar-refractivity contribution in [2.75, 3.05) is 47.3 Å². The maximum Gasteiger partial charge on any atom is 0.239 e. The summed E-state index contributed by atoms with van der Waals surface area (Å²) in [4.78, 5) is 16.5. The topological polar surface area (TPSA) is 61.6 Å². The van der Waals surface area contributed by atoms with Crippen molar-refractivity contribution >= 4 is 5.91 Å². The van der Waals surface area contributed by atoms with Crippen LogP contribution in [0.2, 0.25) is 0 Å². The van der Waals surface area contributed by atoms with Crippen LogP contribution in [0.4, 0.5) is 0 Å². The van der Waals surface area contributed by atoms with Crippen LogP contribution in [-0.4, -0.2) is 68.6 Å². The van der Waals surface area contributed by atoms with Gasteiger partial charge in [-0.2, -0.15) is 0 Å². The molecule has 19 heavy (non-hydrogen) atoms.